The number of nitrogens with zero attached hydrogens (tertiary/aromatic N) is 2. The molecule has 0 amide bonds. The monoisotopic (exact) mass is 303 g/mol. The van der Waals surface area contributed by atoms with Crippen LogP contribution in [0.4, 0.5) is 11.4 Å². The van der Waals surface area contributed by atoms with Gasteiger partial charge in [-0.15, -0.1) is 11.3 Å². The second-order valence-electron chi connectivity index (χ2n) is 4.32. The number of aliphatic hydroxyl groups excluding tert-OH is 1. The van der Waals surface area contributed by atoms with Crippen LogP contribution in [-0.2, 0) is 0 Å². The van der Waals surface area contributed by atoms with Crippen LogP contribution in [-0.4, -0.2) is 16.6 Å². The predicted molar refractivity (Wildman–Crippen MR) is 80.2 cm³/mol. The number of thiophene rings is 1. The first-order valence-corrected chi connectivity index (χ1v) is 7.13. The summed E-state index contributed by atoms with van der Waals surface area (Å²) in [7, 11) is 0. The summed E-state index contributed by atoms with van der Waals surface area (Å²) in [6.07, 6.45) is 0.488. The minimum atomic E-state index is -0.533. The van der Waals surface area contributed by atoms with E-state index in [1.807, 2.05) is 23.6 Å². The number of benzene rings is 1. The fraction of sp³-hybridized carbons (Fsp3) is 0.214. The first kappa shape index (κ1) is 15.0. The van der Waals surface area contributed by atoms with Crippen LogP contribution in [0.2, 0.25) is 0 Å². The molecule has 0 aliphatic rings. The van der Waals surface area contributed by atoms with Gasteiger partial charge < -0.3 is 10.4 Å². The summed E-state index contributed by atoms with van der Waals surface area (Å²) in [5.41, 5.74) is 0.616. The fourth-order valence-electron chi connectivity index (χ4n) is 1.96. The third kappa shape index (κ3) is 3.56. The van der Waals surface area contributed by atoms with Crippen molar-refractivity contribution in [1.82, 2.24) is 0 Å². The van der Waals surface area contributed by atoms with Crippen molar-refractivity contribution in [3.8, 4) is 6.07 Å². The van der Waals surface area contributed by atoms with Gasteiger partial charge in [-0.2, -0.15) is 5.26 Å². The fourth-order valence-corrected chi connectivity index (χ4v) is 2.77. The third-order valence-electron chi connectivity index (χ3n) is 2.97. The van der Waals surface area contributed by atoms with Gasteiger partial charge in [0.15, 0.2) is 0 Å². The maximum absolute atomic E-state index is 10.7. The number of nitrogens with one attached hydrogen (secondary N) is 1. The van der Waals surface area contributed by atoms with Crippen LogP contribution in [0.1, 0.15) is 22.9 Å². The first-order chi connectivity index (χ1) is 10.2. The molecule has 0 aliphatic heterocycles. The summed E-state index contributed by atoms with van der Waals surface area (Å²) in [5.74, 6) is 0. The van der Waals surface area contributed by atoms with E-state index in [-0.39, 0.29) is 23.9 Å². The lowest BCUT2D eigenvalue weighted by atomic mass is 10.1. The molecule has 0 saturated carbocycles. The highest BCUT2D eigenvalue weighted by molar-refractivity contribution is 7.10. The molecule has 6 nitrogen and oxygen atoms in total. The van der Waals surface area contributed by atoms with Gasteiger partial charge in [0, 0.05) is 23.6 Å². The van der Waals surface area contributed by atoms with E-state index in [1.54, 1.807) is 11.3 Å². The van der Waals surface area contributed by atoms with Gasteiger partial charge in [-0.3, -0.25) is 10.1 Å². The van der Waals surface area contributed by atoms with E-state index < -0.39 is 4.92 Å². The predicted octanol–water partition coefficient (Wildman–Crippen LogP) is 3.06. The molecule has 2 aromatic rings. The van der Waals surface area contributed by atoms with E-state index in [4.69, 9.17) is 10.4 Å². The zero-order chi connectivity index (χ0) is 15.2. The molecule has 1 heterocycles. The molecule has 108 valence electrons. The van der Waals surface area contributed by atoms with Crippen molar-refractivity contribution in [2.45, 2.75) is 12.5 Å². The lowest BCUT2D eigenvalue weighted by Gasteiger charge is -2.18. The van der Waals surface area contributed by atoms with E-state index in [1.165, 1.54) is 18.2 Å². The van der Waals surface area contributed by atoms with E-state index in [0.717, 1.165) is 4.88 Å². The Kier molecular flexibility index (Phi) is 4.87. The SMILES string of the molecule is N#Cc1cc([N+](=O)[O-])ccc1N[C@@H](CCO)c1cccs1. The Bertz CT molecular complexity index is 665. The van der Waals surface area contributed by atoms with Crippen molar-refractivity contribution in [2.24, 2.45) is 0 Å². The van der Waals surface area contributed by atoms with Crippen molar-refractivity contribution < 1.29 is 10.0 Å². The van der Waals surface area contributed by atoms with Crippen LogP contribution >= 0.6 is 11.3 Å². The van der Waals surface area contributed by atoms with Crippen LogP contribution in [0.25, 0.3) is 0 Å². The van der Waals surface area contributed by atoms with Crippen molar-refractivity contribution in [3.63, 3.8) is 0 Å². The van der Waals surface area contributed by atoms with Crippen molar-refractivity contribution in [1.29, 1.82) is 5.26 Å². The standard InChI is InChI=1S/C14H13N3O3S/c15-9-10-8-11(17(19)20)3-4-12(10)16-13(5-6-18)14-2-1-7-21-14/h1-4,7-8,13,16,18H,5-6H2/t13-/m0/s1. The first-order valence-electron chi connectivity index (χ1n) is 6.25. The summed E-state index contributed by atoms with van der Waals surface area (Å²) < 4.78 is 0. The average molecular weight is 303 g/mol. The van der Waals surface area contributed by atoms with E-state index in [2.05, 4.69) is 5.32 Å². The molecule has 21 heavy (non-hydrogen) atoms. The van der Waals surface area contributed by atoms with E-state index in [0.29, 0.717) is 12.1 Å². The van der Waals surface area contributed by atoms with Crippen LogP contribution in [0.3, 0.4) is 0 Å². The lowest BCUT2D eigenvalue weighted by Crippen LogP contribution is -2.12. The summed E-state index contributed by atoms with van der Waals surface area (Å²) >= 11 is 1.55. The second-order valence-corrected chi connectivity index (χ2v) is 5.30. The minimum absolute atomic E-state index is 0.00440. The van der Waals surface area contributed by atoms with Gasteiger partial charge in [-0.05, 0) is 23.9 Å². The lowest BCUT2D eigenvalue weighted by molar-refractivity contribution is -0.384. The molecule has 1 aromatic heterocycles. The molecular formula is C14H13N3O3S. The number of anilines is 1. The zero-order valence-corrected chi connectivity index (χ0v) is 11.8. The second kappa shape index (κ2) is 6.83. The molecule has 1 aromatic carbocycles. The summed E-state index contributed by atoms with van der Waals surface area (Å²) in [6.45, 7) is 0.00440. The molecular weight excluding hydrogens is 290 g/mol. The molecule has 0 spiro atoms. The Morgan fingerprint density at radius 3 is 2.86 bits per heavy atom. The number of hydrogen-bond donors (Lipinski definition) is 2. The third-order valence-corrected chi connectivity index (χ3v) is 3.95. The van der Waals surface area contributed by atoms with E-state index in [9.17, 15) is 10.1 Å². The molecule has 0 saturated heterocycles. The van der Waals surface area contributed by atoms with Gasteiger partial charge in [-0.25, -0.2) is 0 Å². The number of nitro benzene ring substituents is 1. The summed E-state index contributed by atoms with van der Waals surface area (Å²) in [6, 6.07) is 9.79. The molecule has 0 aliphatic carbocycles. The van der Waals surface area contributed by atoms with Crippen molar-refractivity contribution >= 4 is 22.7 Å². The van der Waals surface area contributed by atoms with Crippen LogP contribution < -0.4 is 5.32 Å². The Labute approximate surface area is 125 Å². The van der Waals surface area contributed by atoms with Crippen LogP contribution in [0.15, 0.2) is 35.7 Å². The number of nitro groups is 1. The zero-order valence-electron chi connectivity index (χ0n) is 11.0. The number of non-ortho nitro benzene ring substituents is 1. The highest BCUT2D eigenvalue weighted by Crippen LogP contribution is 2.29. The van der Waals surface area contributed by atoms with Gasteiger partial charge in [0.25, 0.3) is 5.69 Å². The highest BCUT2D eigenvalue weighted by atomic mass is 32.1. The van der Waals surface area contributed by atoms with Gasteiger partial charge >= 0.3 is 0 Å². The molecule has 7 heteroatoms. The summed E-state index contributed by atoms with van der Waals surface area (Å²) in [5, 5.41) is 34.1. The van der Waals surface area contributed by atoms with E-state index >= 15 is 0 Å². The highest BCUT2D eigenvalue weighted by Gasteiger charge is 2.16. The van der Waals surface area contributed by atoms with Crippen LogP contribution in [0.5, 0.6) is 0 Å². The number of hydrogen-bond acceptors (Lipinski definition) is 6. The maximum atomic E-state index is 10.7. The van der Waals surface area contributed by atoms with Gasteiger partial charge in [0.05, 0.1) is 22.2 Å². The Morgan fingerprint density at radius 1 is 1.48 bits per heavy atom. The molecule has 0 fully saturated rings. The Balaban J connectivity index is 2.29. The Hall–Kier alpha value is -2.43. The average Bonchev–Trinajstić information content (AvgIpc) is 3.01. The maximum Gasteiger partial charge on any atom is 0.270 e. The van der Waals surface area contributed by atoms with Crippen molar-refractivity contribution in [2.75, 3.05) is 11.9 Å². The topological polar surface area (TPSA) is 99.2 Å². The smallest absolute Gasteiger partial charge is 0.270 e. The minimum Gasteiger partial charge on any atom is -0.396 e. The molecule has 0 unspecified atom stereocenters. The number of nitriles is 1. The quantitative estimate of drug-likeness (QED) is 0.631. The molecule has 0 radical (unpaired) electrons. The molecule has 0 bridgehead atoms. The van der Waals surface area contributed by atoms with Crippen LogP contribution in [0, 0.1) is 21.4 Å². The van der Waals surface area contributed by atoms with Gasteiger partial charge in [-0.1, -0.05) is 6.07 Å². The number of rotatable bonds is 6. The molecule has 2 rings (SSSR count). The Morgan fingerprint density at radius 2 is 2.29 bits per heavy atom. The molecule has 2 N–H and O–H groups in total. The summed E-state index contributed by atoms with van der Waals surface area (Å²) in [4.78, 5) is 11.2. The van der Waals surface area contributed by atoms with Gasteiger partial charge in [0.1, 0.15) is 6.07 Å². The van der Waals surface area contributed by atoms with Gasteiger partial charge in [0.2, 0.25) is 0 Å². The number of aliphatic hydroxyl groups is 1. The normalized spacial score (nSPS) is 11.6. The molecule has 1 atom stereocenters. The van der Waals surface area contributed by atoms with Crippen molar-refractivity contribution in [3.05, 3.63) is 56.3 Å². The largest absolute Gasteiger partial charge is 0.396 e.